The van der Waals surface area contributed by atoms with Gasteiger partial charge in [0.15, 0.2) is 6.29 Å². The molecule has 0 aromatic carbocycles. The van der Waals surface area contributed by atoms with Crippen LogP contribution < -0.4 is 11.5 Å². The highest BCUT2D eigenvalue weighted by Crippen LogP contribution is 2.12. The summed E-state index contributed by atoms with van der Waals surface area (Å²) in [6, 6.07) is 0. The molecule has 1 aliphatic rings. The Labute approximate surface area is 64.1 Å². The third-order valence-electron chi connectivity index (χ3n) is 1.28. The highest BCUT2D eigenvalue weighted by molar-refractivity contribution is 6.31. The number of hydrogen-bond donors (Lipinski definition) is 2. The van der Waals surface area contributed by atoms with Crippen LogP contribution in [0.5, 0.6) is 0 Å². The molecule has 0 saturated carbocycles. The Morgan fingerprint density at radius 2 is 2.40 bits per heavy atom. The zero-order valence-electron chi connectivity index (χ0n) is 5.58. The van der Waals surface area contributed by atoms with E-state index in [-0.39, 0.29) is 0 Å². The van der Waals surface area contributed by atoms with Crippen molar-refractivity contribution < 1.29 is 0 Å². The van der Waals surface area contributed by atoms with Crippen LogP contribution in [0.3, 0.4) is 0 Å². The summed E-state index contributed by atoms with van der Waals surface area (Å²) in [7, 11) is 1.75. The summed E-state index contributed by atoms with van der Waals surface area (Å²) in [5, 5.41) is 0.514. The molecular weight excluding hydrogens is 152 g/mol. The second-order valence-corrected chi connectivity index (χ2v) is 2.43. The average Bonchev–Trinajstić information content (AvgIpc) is 1.82. The van der Waals surface area contributed by atoms with Gasteiger partial charge in [-0.1, -0.05) is 11.6 Å². The summed E-state index contributed by atoms with van der Waals surface area (Å²) in [4.78, 5) is 5.47. The smallest absolute Gasteiger partial charge is 0.176 e. The van der Waals surface area contributed by atoms with Gasteiger partial charge >= 0.3 is 0 Å². The predicted octanol–water partition coefficient (Wildman–Crippen LogP) is -0.389. The first-order valence-corrected chi connectivity index (χ1v) is 3.18. The van der Waals surface area contributed by atoms with Crippen LogP contribution in [-0.2, 0) is 0 Å². The molecule has 1 aliphatic heterocycles. The molecule has 4 N–H and O–H groups in total. The number of nitrogens with zero attached hydrogens (tertiary/aromatic N) is 2. The highest BCUT2D eigenvalue weighted by Gasteiger charge is 2.14. The number of hydrogen-bond acceptors (Lipinski definition) is 4. The molecule has 0 amide bonds. The third kappa shape index (κ3) is 1.22. The van der Waals surface area contributed by atoms with Gasteiger partial charge in [-0.05, 0) is 0 Å². The van der Waals surface area contributed by atoms with Gasteiger partial charge in [0, 0.05) is 13.1 Å². The molecule has 0 aliphatic carbocycles. The zero-order valence-corrected chi connectivity index (χ0v) is 6.34. The van der Waals surface area contributed by atoms with Crippen molar-refractivity contribution in [3.8, 4) is 0 Å². The molecule has 0 aromatic heterocycles. The second-order valence-electron chi connectivity index (χ2n) is 2.05. The van der Waals surface area contributed by atoms with E-state index in [0.29, 0.717) is 11.0 Å². The fraction of sp³-hybridized carbons (Fsp3) is 0.400. The lowest BCUT2D eigenvalue weighted by Crippen LogP contribution is -2.40. The van der Waals surface area contributed by atoms with Crippen LogP contribution in [0.25, 0.3) is 0 Å². The monoisotopic (exact) mass is 160 g/mol. The Kier molecular flexibility index (Phi) is 1.82. The van der Waals surface area contributed by atoms with Gasteiger partial charge in [-0.3, -0.25) is 5.73 Å². The lowest BCUT2D eigenvalue weighted by atomic mass is 10.4. The minimum atomic E-state index is -0.447. The lowest BCUT2D eigenvalue weighted by molar-refractivity contribution is 0.333. The molecular formula is C5H9ClN4. The SMILES string of the molecule is CN1C(Cl)=CC(N)=NC1N. The summed E-state index contributed by atoms with van der Waals surface area (Å²) < 4.78 is 0. The van der Waals surface area contributed by atoms with E-state index >= 15 is 0 Å². The molecule has 1 unspecified atom stereocenters. The Balaban J connectivity index is 2.85. The van der Waals surface area contributed by atoms with Crippen LogP contribution in [0, 0.1) is 0 Å². The van der Waals surface area contributed by atoms with Gasteiger partial charge in [-0.2, -0.15) is 0 Å². The quantitative estimate of drug-likeness (QED) is 0.475. The Morgan fingerprint density at radius 1 is 1.80 bits per heavy atom. The summed E-state index contributed by atoms with van der Waals surface area (Å²) in [6.45, 7) is 0. The number of halogens is 1. The molecule has 56 valence electrons. The molecule has 0 radical (unpaired) electrons. The van der Waals surface area contributed by atoms with E-state index in [9.17, 15) is 0 Å². The molecule has 5 heteroatoms. The Hall–Kier alpha value is -0.740. The van der Waals surface area contributed by atoms with E-state index in [1.54, 1.807) is 18.0 Å². The standard InChI is InChI=1S/C5H9ClN4/c1-10-3(6)2-4(7)9-5(10)8/h2,5H,8H2,1H3,(H2,7,9). The molecule has 1 rings (SSSR count). The number of aliphatic imine (C=N–C) groups is 1. The largest absolute Gasteiger partial charge is 0.384 e. The number of amidine groups is 1. The summed E-state index contributed by atoms with van der Waals surface area (Å²) in [5.74, 6) is 0.371. The first kappa shape index (κ1) is 7.37. The average molecular weight is 161 g/mol. The van der Waals surface area contributed by atoms with Gasteiger partial charge in [0.2, 0.25) is 0 Å². The van der Waals surface area contributed by atoms with E-state index in [1.807, 2.05) is 0 Å². The Bertz CT molecular complexity index is 198. The summed E-state index contributed by atoms with van der Waals surface area (Å²) >= 11 is 5.70. The lowest BCUT2D eigenvalue weighted by Gasteiger charge is -2.25. The molecule has 1 heterocycles. The van der Waals surface area contributed by atoms with Crippen molar-refractivity contribution in [2.45, 2.75) is 6.29 Å². The third-order valence-corrected chi connectivity index (χ3v) is 1.66. The molecule has 0 fully saturated rings. The van der Waals surface area contributed by atoms with Crippen molar-refractivity contribution in [2.75, 3.05) is 7.05 Å². The van der Waals surface area contributed by atoms with Gasteiger partial charge in [-0.15, -0.1) is 0 Å². The fourth-order valence-electron chi connectivity index (χ4n) is 0.627. The van der Waals surface area contributed by atoms with Gasteiger partial charge in [0.05, 0.1) is 0 Å². The fourth-order valence-corrected chi connectivity index (χ4v) is 0.839. The van der Waals surface area contributed by atoms with E-state index in [2.05, 4.69) is 4.99 Å². The first-order valence-electron chi connectivity index (χ1n) is 2.80. The van der Waals surface area contributed by atoms with Gasteiger partial charge < -0.3 is 10.6 Å². The van der Waals surface area contributed by atoms with Crippen LogP contribution in [0.1, 0.15) is 0 Å². The van der Waals surface area contributed by atoms with Crippen LogP contribution in [0.4, 0.5) is 0 Å². The number of rotatable bonds is 0. The normalized spacial score (nSPS) is 25.9. The van der Waals surface area contributed by atoms with E-state index < -0.39 is 6.29 Å². The maximum absolute atomic E-state index is 5.70. The van der Waals surface area contributed by atoms with Crippen molar-refractivity contribution >= 4 is 17.4 Å². The topological polar surface area (TPSA) is 67.6 Å². The van der Waals surface area contributed by atoms with E-state index in [0.717, 1.165) is 0 Å². The maximum atomic E-state index is 5.70. The van der Waals surface area contributed by atoms with Crippen molar-refractivity contribution in [3.05, 3.63) is 11.2 Å². The molecule has 0 aromatic rings. The van der Waals surface area contributed by atoms with Crippen LogP contribution in [0.2, 0.25) is 0 Å². The minimum Gasteiger partial charge on any atom is -0.384 e. The van der Waals surface area contributed by atoms with Gasteiger partial charge in [0.1, 0.15) is 11.0 Å². The van der Waals surface area contributed by atoms with Crippen molar-refractivity contribution in [3.63, 3.8) is 0 Å². The maximum Gasteiger partial charge on any atom is 0.176 e. The molecule has 1 atom stereocenters. The van der Waals surface area contributed by atoms with Crippen molar-refractivity contribution in [1.82, 2.24) is 4.90 Å². The first-order chi connectivity index (χ1) is 4.61. The molecule has 0 bridgehead atoms. The zero-order chi connectivity index (χ0) is 7.72. The van der Waals surface area contributed by atoms with Gasteiger partial charge in [-0.25, -0.2) is 4.99 Å². The molecule has 10 heavy (non-hydrogen) atoms. The van der Waals surface area contributed by atoms with Crippen molar-refractivity contribution in [1.29, 1.82) is 0 Å². The van der Waals surface area contributed by atoms with Crippen LogP contribution >= 0.6 is 11.6 Å². The summed E-state index contributed by atoms with van der Waals surface area (Å²) in [6.07, 6.45) is 1.11. The van der Waals surface area contributed by atoms with Crippen LogP contribution in [0.15, 0.2) is 16.2 Å². The highest BCUT2D eigenvalue weighted by atomic mass is 35.5. The number of nitrogens with two attached hydrogens (primary N) is 2. The summed E-state index contributed by atoms with van der Waals surface area (Å²) in [5.41, 5.74) is 10.9. The van der Waals surface area contributed by atoms with Gasteiger partial charge in [0.25, 0.3) is 0 Å². The van der Waals surface area contributed by atoms with E-state index in [1.165, 1.54) is 0 Å². The minimum absolute atomic E-state index is 0.371. The predicted molar refractivity (Wildman–Crippen MR) is 41.3 cm³/mol. The molecule has 0 saturated heterocycles. The Morgan fingerprint density at radius 3 is 2.90 bits per heavy atom. The second kappa shape index (κ2) is 2.48. The van der Waals surface area contributed by atoms with Crippen molar-refractivity contribution in [2.24, 2.45) is 16.5 Å². The van der Waals surface area contributed by atoms with E-state index in [4.69, 9.17) is 23.1 Å². The van der Waals surface area contributed by atoms with Crippen LogP contribution in [-0.4, -0.2) is 24.1 Å². The molecule has 4 nitrogen and oxygen atoms in total. The molecule has 0 spiro atoms.